The Labute approximate surface area is 72.7 Å². The molecule has 0 aliphatic rings. The van der Waals surface area contributed by atoms with Gasteiger partial charge in [0.15, 0.2) is 0 Å². The van der Waals surface area contributed by atoms with Crippen molar-refractivity contribution < 1.29 is 14.3 Å². The fourth-order valence-electron chi connectivity index (χ4n) is 0.512. The second kappa shape index (κ2) is 5.41. The minimum atomic E-state index is -0.462. The fraction of sp³-hybridized carbons (Fsp3) is 0.444. The lowest BCUT2D eigenvalue weighted by atomic mass is 10.4. The van der Waals surface area contributed by atoms with Crippen molar-refractivity contribution in [1.82, 2.24) is 0 Å². The average molecular weight is 170 g/mol. The van der Waals surface area contributed by atoms with Crippen LogP contribution in [0, 0.1) is 0 Å². The predicted octanol–water partition coefficient (Wildman–Crippen LogP) is 2.00. The van der Waals surface area contributed by atoms with Gasteiger partial charge in [-0.2, -0.15) is 0 Å². The summed E-state index contributed by atoms with van der Waals surface area (Å²) in [4.78, 5) is 10.9. The van der Waals surface area contributed by atoms with E-state index in [9.17, 15) is 4.79 Å². The number of rotatable bonds is 4. The van der Waals surface area contributed by atoms with E-state index in [-0.39, 0.29) is 5.95 Å². The molecule has 0 aromatic carbocycles. The van der Waals surface area contributed by atoms with Crippen molar-refractivity contribution in [2.45, 2.75) is 20.3 Å². The van der Waals surface area contributed by atoms with Crippen LogP contribution in [-0.2, 0) is 14.3 Å². The second-order valence-electron chi connectivity index (χ2n) is 2.31. The van der Waals surface area contributed by atoms with Gasteiger partial charge in [-0.25, -0.2) is 4.79 Å². The van der Waals surface area contributed by atoms with E-state index in [1.807, 2.05) is 6.92 Å². The third-order valence-electron chi connectivity index (χ3n) is 1.11. The lowest BCUT2D eigenvalue weighted by Crippen LogP contribution is -2.05. The first-order valence-corrected chi connectivity index (χ1v) is 3.73. The summed E-state index contributed by atoms with van der Waals surface area (Å²) in [5.74, 6) is -0.234. The second-order valence-corrected chi connectivity index (χ2v) is 2.31. The predicted molar refractivity (Wildman–Crippen MR) is 46.3 cm³/mol. The molecule has 3 nitrogen and oxygen atoms in total. The molecular weight excluding hydrogens is 156 g/mol. The first-order chi connectivity index (χ1) is 5.61. The molecule has 0 bridgehead atoms. The first-order valence-electron chi connectivity index (χ1n) is 3.73. The van der Waals surface area contributed by atoms with Crippen LogP contribution in [0.2, 0.25) is 0 Å². The van der Waals surface area contributed by atoms with Crippen LogP contribution in [0.3, 0.4) is 0 Å². The molecule has 0 saturated heterocycles. The number of carbonyl (C=O) groups is 1. The monoisotopic (exact) mass is 170 g/mol. The van der Waals surface area contributed by atoms with Gasteiger partial charge in [0.2, 0.25) is 0 Å². The molecular formula is C9H14O3. The molecule has 12 heavy (non-hydrogen) atoms. The molecule has 0 spiro atoms. The summed E-state index contributed by atoms with van der Waals surface area (Å²) in [6.07, 6.45) is 2.44. The van der Waals surface area contributed by atoms with Gasteiger partial charge >= 0.3 is 5.97 Å². The SMILES string of the molecule is C=C(C)C(=O)OC(=CCC)OC. The Morgan fingerprint density at radius 1 is 1.58 bits per heavy atom. The number of methoxy groups -OCH3 is 1. The topological polar surface area (TPSA) is 35.5 Å². The number of esters is 1. The largest absolute Gasteiger partial charge is 0.469 e. The number of carbonyl (C=O) groups excluding carboxylic acids is 1. The Balaban J connectivity index is 4.12. The van der Waals surface area contributed by atoms with Crippen LogP contribution in [0.4, 0.5) is 0 Å². The third-order valence-corrected chi connectivity index (χ3v) is 1.11. The Morgan fingerprint density at radius 2 is 2.17 bits per heavy atom. The highest BCUT2D eigenvalue weighted by Crippen LogP contribution is 2.03. The Kier molecular flexibility index (Phi) is 4.84. The molecule has 0 radical (unpaired) electrons. The van der Waals surface area contributed by atoms with Crippen LogP contribution in [0.25, 0.3) is 0 Å². The van der Waals surface area contributed by atoms with E-state index in [0.29, 0.717) is 5.57 Å². The van der Waals surface area contributed by atoms with Gasteiger partial charge in [0.05, 0.1) is 7.11 Å². The summed E-state index contributed by atoms with van der Waals surface area (Å²) in [7, 11) is 1.45. The molecule has 0 atom stereocenters. The van der Waals surface area contributed by atoms with Crippen molar-refractivity contribution in [3.63, 3.8) is 0 Å². The highest BCUT2D eigenvalue weighted by molar-refractivity contribution is 5.87. The van der Waals surface area contributed by atoms with Gasteiger partial charge in [0.25, 0.3) is 5.95 Å². The number of hydrogen-bond donors (Lipinski definition) is 0. The van der Waals surface area contributed by atoms with Gasteiger partial charge in [0.1, 0.15) is 0 Å². The fourth-order valence-corrected chi connectivity index (χ4v) is 0.512. The maximum Gasteiger partial charge on any atom is 0.340 e. The minimum Gasteiger partial charge on any atom is -0.469 e. The summed E-state index contributed by atoms with van der Waals surface area (Å²) in [5, 5.41) is 0. The normalized spacial score (nSPS) is 10.8. The van der Waals surface area contributed by atoms with Crippen LogP contribution in [0.5, 0.6) is 0 Å². The highest BCUT2D eigenvalue weighted by Gasteiger charge is 2.06. The molecule has 0 fully saturated rings. The molecule has 0 saturated carbocycles. The Morgan fingerprint density at radius 3 is 2.50 bits per heavy atom. The molecule has 68 valence electrons. The summed E-state index contributed by atoms with van der Waals surface area (Å²) < 4.78 is 9.59. The molecule has 0 N–H and O–H groups in total. The van der Waals surface area contributed by atoms with Crippen LogP contribution >= 0.6 is 0 Å². The average Bonchev–Trinajstić information content (AvgIpc) is 2.03. The summed E-state index contributed by atoms with van der Waals surface area (Å²) >= 11 is 0. The van der Waals surface area contributed by atoms with Crippen LogP contribution in [0.1, 0.15) is 20.3 Å². The van der Waals surface area contributed by atoms with Crippen molar-refractivity contribution in [1.29, 1.82) is 0 Å². The molecule has 0 aromatic rings. The van der Waals surface area contributed by atoms with Gasteiger partial charge in [0, 0.05) is 5.57 Å². The molecule has 0 aliphatic heterocycles. The van der Waals surface area contributed by atoms with E-state index < -0.39 is 5.97 Å². The van der Waals surface area contributed by atoms with Crippen LogP contribution < -0.4 is 0 Å². The summed E-state index contributed by atoms with van der Waals surface area (Å²) in [6.45, 7) is 6.95. The quantitative estimate of drug-likeness (QED) is 0.368. The van der Waals surface area contributed by atoms with Crippen molar-refractivity contribution in [3.05, 3.63) is 24.2 Å². The lowest BCUT2D eigenvalue weighted by molar-refractivity contribution is -0.139. The maximum atomic E-state index is 10.9. The third kappa shape index (κ3) is 3.81. The summed E-state index contributed by atoms with van der Waals surface area (Å²) in [5.41, 5.74) is 0.356. The van der Waals surface area contributed by atoms with E-state index in [1.54, 1.807) is 13.0 Å². The Bertz CT molecular complexity index is 204. The number of ether oxygens (including phenoxy) is 2. The molecule has 0 heterocycles. The van der Waals surface area contributed by atoms with Gasteiger partial charge in [-0.3, -0.25) is 0 Å². The van der Waals surface area contributed by atoms with Crippen molar-refractivity contribution in [2.75, 3.05) is 7.11 Å². The number of hydrogen-bond acceptors (Lipinski definition) is 3. The van der Waals surface area contributed by atoms with E-state index in [2.05, 4.69) is 6.58 Å². The molecule has 0 aliphatic carbocycles. The molecule has 3 heteroatoms. The molecule has 0 rings (SSSR count). The van der Waals surface area contributed by atoms with E-state index in [0.717, 1.165) is 6.42 Å². The van der Waals surface area contributed by atoms with Crippen molar-refractivity contribution >= 4 is 5.97 Å². The minimum absolute atomic E-state index is 0.227. The van der Waals surface area contributed by atoms with Crippen molar-refractivity contribution in [2.24, 2.45) is 0 Å². The van der Waals surface area contributed by atoms with E-state index in [1.165, 1.54) is 7.11 Å². The van der Waals surface area contributed by atoms with Gasteiger partial charge in [-0.1, -0.05) is 13.5 Å². The number of allylic oxidation sites excluding steroid dienone is 1. The van der Waals surface area contributed by atoms with Gasteiger partial charge in [-0.05, 0) is 19.4 Å². The zero-order chi connectivity index (χ0) is 9.56. The molecule has 0 amide bonds. The highest BCUT2D eigenvalue weighted by atomic mass is 16.7. The van der Waals surface area contributed by atoms with Crippen molar-refractivity contribution in [3.8, 4) is 0 Å². The van der Waals surface area contributed by atoms with Gasteiger partial charge < -0.3 is 9.47 Å². The van der Waals surface area contributed by atoms with E-state index >= 15 is 0 Å². The van der Waals surface area contributed by atoms with E-state index in [4.69, 9.17) is 9.47 Å². The molecule has 0 unspecified atom stereocenters. The summed E-state index contributed by atoms with van der Waals surface area (Å²) in [6, 6.07) is 0. The zero-order valence-electron chi connectivity index (χ0n) is 7.72. The zero-order valence-corrected chi connectivity index (χ0v) is 7.72. The standard InChI is InChI=1S/C9H14O3/c1-5-6-8(11-4)12-9(10)7(2)3/h6H,2,5H2,1,3-4H3. The lowest BCUT2D eigenvalue weighted by Gasteiger charge is -2.05. The Hall–Kier alpha value is -1.25. The van der Waals surface area contributed by atoms with Gasteiger partial charge in [-0.15, -0.1) is 0 Å². The maximum absolute atomic E-state index is 10.9. The van der Waals surface area contributed by atoms with Crippen LogP contribution in [-0.4, -0.2) is 13.1 Å². The smallest absolute Gasteiger partial charge is 0.340 e. The molecule has 0 aromatic heterocycles. The first kappa shape index (κ1) is 10.8. The van der Waals surface area contributed by atoms with Crippen LogP contribution in [0.15, 0.2) is 24.2 Å².